The van der Waals surface area contributed by atoms with E-state index in [0.29, 0.717) is 17.2 Å². The lowest BCUT2D eigenvalue weighted by Gasteiger charge is -2.06. The SMILES string of the molecule is O=S(=O)(NCCCn1ccc2cccnc21)c1cccs1. The number of hydrogen-bond acceptors (Lipinski definition) is 4. The van der Waals surface area contributed by atoms with Crippen molar-refractivity contribution < 1.29 is 8.42 Å². The summed E-state index contributed by atoms with van der Waals surface area (Å²) >= 11 is 1.22. The largest absolute Gasteiger partial charge is 0.332 e. The van der Waals surface area contributed by atoms with Crippen LogP contribution in [0.2, 0.25) is 0 Å². The number of rotatable bonds is 6. The predicted octanol–water partition coefficient (Wildman–Crippen LogP) is 2.47. The van der Waals surface area contributed by atoms with Crippen molar-refractivity contribution >= 4 is 32.4 Å². The van der Waals surface area contributed by atoms with E-state index >= 15 is 0 Å². The van der Waals surface area contributed by atoms with E-state index in [1.54, 1.807) is 23.7 Å². The van der Waals surface area contributed by atoms with Gasteiger partial charge in [0.1, 0.15) is 9.86 Å². The standard InChI is InChI=1S/C14H15N3O2S2/c18-21(19,13-5-2-11-20-13)16-8-3-9-17-10-6-12-4-1-7-15-14(12)17/h1-2,4-7,10-11,16H,3,8-9H2. The van der Waals surface area contributed by atoms with Crippen molar-refractivity contribution in [1.29, 1.82) is 0 Å². The van der Waals surface area contributed by atoms with Crippen LogP contribution in [0.5, 0.6) is 0 Å². The molecule has 0 radical (unpaired) electrons. The maximum atomic E-state index is 11.9. The number of aromatic nitrogens is 2. The second kappa shape index (κ2) is 5.97. The first-order chi connectivity index (χ1) is 10.2. The molecular weight excluding hydrogens is 306 g/mol. The Balaban J connectivity index is 1.57. The summed E-state index contributed by atoms with van der Waals surface area (Å²) in [6.45, 7) is 1.14. The van der Waals surface area contributed by atoms with Gasteiger partial charge in [-0.1, -0.05) is 6.07 Å². The molecule has 0 aliphatic heterocycles. The Morgan fingerprint density at radius 3 is 2.95 bits per heavy atom. The molecule has 0 aliphatic rings. The first-order valence-corrected chi connectivity index (χ1v) is 8.96. The Bertz CT molecular complexity index is 823. The van der Waals surface area contributed by atoms with Gasteiger partial charge in [-0.3, -0.25) is 0 Å². The summed E-state index contributed by atoms with van der Waals surface area (Å²) in [5.41, 5.74) is 0.929. The summed E-state index contributed by atoms with van der Waals surface area (Å²) in [6.07, 6.45) is 4.45. The van der Waals surface area contributed by atoms with Crippen molar-refractivity contribution in [3.05, 3.63) is 48.1 Å². The molecule has 0 aromatic carbocycles. The molecule has 0 atom stereocenters. The number of thiophene rings is 1. The van der Waals surface area contributed by atoms with Gasteiger partial charge in [0.2, 0.25) is 10.0 Å². The molecule has 0 unspecified atom stereocenters. The maximum absolute atomic E-state index is 11.9. The number of aryl methyl sites for hydroxylation is 1. The third kappa shape index (κ3) is 3.15. The van der Waals surface area contributed by atoms with Crippen molar-refractivity contribution in [3.8, 4) is 0 Å². The van der Waals surface area contributed by atoms with E-state index in [2.05, 4.69) is 9.71 Å². The normalized spacial score (nSPS) is 12.0. The minimum atomic E-state index is -3.36. The molecule has 3 aromatic rings. The predicted molar refractivity (Wildman–Crippen MR) is 83.9 cm³/mol. The Kier molecular flexibility index (Phi) is 4.05. The average Bonchev–Trinajstić information content (AvgIpc) is 3.14. The minimum Gasteiger partial charge on any atom is -0.332 e. The molecule has 3 rings (SSSR count). The van der Waals surface area contributed by atoms with Crippen LogP contribution < -0.4 is 4.72 Å². The Morgan fingerprint density at radius 2 is 2.14 bits per heavy atom. The number of pyridine rings is 1. The number of fused-ring (bicyclic) bond motifs is 1. The average molecular weight is 321 g/mol. The van der Waals surface area contributed by atoms with Crippen LogP contribution in [0, 0.1) is 0 Å². The summed E-state index contributed by atoms with van der Waals surface area (Å²) in [7, 11) is -3.36. The molecule has 7 heteroatoms. The van der Waals surface area contributed by atoms with Gasteiger partial charge >= 0.3 is 0 Å². The fraction of sp³-hybridized carbons (Fsp3) is 0.214. The highest BCUT2D eigenvalue weighted by Gasteiger charge is 2.13. The molecular formula is C14H15N3O2S2. The second-order valence-corrected chi connectivity index (χ2v) is 7.55. The monoisotopic (exact) mass is 321 g/mol. The topological polar surface area (TPSA) is 64.0 Å². The zero-order valence-corrected chi connectivity index (χ0v) is 12.9. The van der Waals surface area contributed by atoms with Crippen LogP contribution in [0.1, 0.15) is 6.42 Å². The first-order valence-electron chi connectivity index (χ1n) is 6.60. The van der Waals surface area contributed by atoms with Crippen LogP contribution in [0.4, 0.5) is 0 Å². The van der Waals surface area contributed by atoms with Gasteiger partial charge in [0, 0.05) is 30.9 Å². The third-order valence-electron chi connectivity index (χ3n) is 3.15. The molecule has 110 valence electrons. The molecule has 3 heterocycles. The maximum Gasteiger partial charge on any atom is 0.250 e. The van der Waals surface area contributed by atoms with Crippen molar-refractivity contribution in [2.75, 3.05) is 6.54 Å². The number of sulfonamides is 1. The quantitative estimate of drug-likeness (QED) is 0.709. The molecule has 1 N–H and O–H groups in total. The van der Waals surface area contributed by atoms with E-state index in [1.807, 2.05) is 29.0 Å². The lowest BCUT2D eigenvalue weighted by atomic mass is 10.3. The van der Waals surface area contributed by atoms with Crippen LogP contribution >= 0.6 is 11.3 Å². The number of hydrogen-bond donors (Lipinski definition) is 1. The van der Waals surface area contributed by atoms with Crippen molar-refractivity contribution in [2.45, 2.75) is 17.2 Å². The van der Waals surface area contributed by atoms with Gasteiger partial charge in [-0.05, 0) is 36.1 Å². The van der Waals surface area contributed by atoms with Crippen molar-refractivity contribution in [3.63, 3.8) is 0 Å². The fourth-order valence-corrected chi connectivity index (χ4v) is 4.26. The van der Waals surface area contributed by atoms with Crippen molar-refractivity contribution in [2.24, 2.45) is 0 Å². The van der Waals surface area contributed by atoms with E-state index in [9.17, 15) is 8.42 Å². The van der Waals surface area contributed by atoms with E-state index in [4.69, 9.17) is 0 Å². The van der Waals surface area contributed by atoms with E-state index in [1.165, 1.54) is 11.3 Å². The zero-order valence-electron chi connectivity index (χ0n) is 11.3. The molecule has 0 fully saturated rings. The third-order valence-corrected chi connectivity index (χ3v) is 6.01. The van der Waals surface area contributed by atoms with Crippen molar-refractivity contribution in [1.82, 2.24) is 14.3 Å². The molecule has 5 nitrogen and oxygen atoms in total. The summed E-state index contributed by atoms with van der Waals surface area (Å²) < 4.78 is 28.9. The van der Waals surface area contributed by atoms with Gasteiger partial charge in [0.05, 0.1) is 0 Å². The highest BCUT2D eigenvalue weighted by Crippen LogP contribution is 2.15. The summed E-state index contributed by atoms with van der Waals surface area (Å²) in [5.74, 6) is 0. The molecule has 0 bridgehead atoms. The fourth-order valence-electron chi connectivity index (χ4n) is 2.14. The van der Waals surface area contributed by atoms with Crippen LogP contribution in [0.3, 0.4) is 0 Å². The van der Waals surface area contributed by atoms with Gasteiger partial charge in [-0.2, -0.15) is 0 Å². The minimum absolute atomic E-state index is 0.357. The van der Waals surface area contributed by atoms with Crippen LogP contribution in [0.25, 0.3) is 11.0 Å². The van der Waals surface area contributed by atoms with E-state index < -0.39 is 10.0 Å². The zero-order chi connectivity index (χ0) is 14.7. The highest BCUT2D eigenvalue weighted by molar-refractivity contribution is 7.91. The van der Waals surface area contributed by atoms with E-state index in [0.717, 1.165) is 17.6 Å². The van der Waals surface area contributed by atoms with Crippen LogP contribution in [0.15, 0.2) is 52.3 Å². The molecule has 21 heavy (non-hydrogen) atoms. The first kappa shape index (κ1) is 14.2. The highest BCUT2D eigenvalue weighted by atomic mass is 32.2. The van der Waals surface area contributed by atoms with Gasteiger partial charge < -0.3 is 4.57 Å². The van der Waals surface area contributed by atoms with E-state index in [-0.39, 0.29) is 0 Å². The number of nitrogens with one attached hydrogen (secondary N) is 1. The molecule has 0 saturated heterocycles. The van der Waals surface area contributed by atoms with Crippen LogP contribution in [-0.2, 0) is 16.6 Å². The molecule has 0 aliphatic carbocycles. The summed E-state index contributed by atoms with van der Waals surface area (Å²) in [6, 6.07) is 9.27. The summed E-state index contributed by atoms with van der Waals surface area (Å²) in [5, 5.41) is 2.85. The second-order valence-electron chi connectivity index (χ2n) is 4.61. The van der Waals surface area contributed by atoms with Gasteiger partial charge in [0.15, 0.2) is 0 Å². The molecule has 0 spiro atoms. The Morgan fingerprint density at radius 1 is 1.24 bits per heavy atom. The lowest BCUT2D eigenvalue weighted by molar-refractivity contribution is 0.573. The van der Waals surface area contributed by atoms with Gasteiger partial charge in [-0.25, -0.2) is 18.1 Å². The molecule has 3 aromatic heterocycles. The molecule has 0 saturated carbocycles. The summed E-state index contributed by atoms with van der Waals surface area (Å²) in [4.78, 5) is 4.34. The van der Waals surface area contributed by atoms with Crippen LogP contribution in [-0.4, -0.2) is 24.5 Å². The van der Waals surface area contributed by atoms with Gasteiger partial charge in [0.25, 0.3) is 0 Å². The molecule has 0 amide bonds. The lowest BCUT2D eigenvalue weighted by Crippen LogP contribution is -2.24. The number of nitrogens with zero attached hydrogens (tertiary/aromatic N) is 2. The van der Waals surface area contributed by atoms with Gasteiger partial charge in [-0.15, -0.1) is 11.3 Å². The smallest absolute Gasteiger partial charge is 0.250 e. The Labute approximate surface area is 127 Å². The Hall–Kier alpha value is -1.70.